The van der Waals surface area contributed by atoms with E-state index < -0.39 is 10.8 Å². The molecule has 0 atom stereocenters. The third-order valence-electron chi connectivity index (χ3n) is 5.65. The molecule has 0 radical (unpaired) electrons. The number of nitro benzene ring substituents is 1. The van der Waals surface area contributed by atoms with Gasteiger partial charge >= 0.3 is 0 Å². The fourth-order valence-electron chi connectivity index (χ4n) is 3.75. The molecule has 0 unspecified atom stereocenters. The molecule has 0 bridgehead atoms. The van der Waals surface area contributed by atoms with E-state index in [1.54, 1.807) is 0 Å². The maximum absolute atomic E-state index is 11.3. The van der Waals surface area contributed by atoms with Crippen LogP contribution in [0.4, 0.5) is 5.69 Å². The number of unbranched alkanes of at least 4 members (excludes halogenated alkanes) is 15. The number of carbonyl (C=O) groups excluding carboxylic acids is 1. The number of nitrogens with two attached hydrogens (primary N) is 1. The van der Waals surface area contributed by atoms with Gasteiger partial charge < -0.3 is 10.5 Å². The van der Waals surface area contributed by atoms with Crippen LogP contribution in [0.15, 0.2) is 18.2 Å². The summed E-state index contributed by atoms with van der Waals surface area (Å²) in [4.78, 5) is 21.7. The zero-order valence-corrected chi connectivity index (χ0v) is 19.4. The maximum atomic E-state index is 11.3. The molecule has 1 aromatic carbocycles. The summed E-state index contributed by atoms with van der Waals surface area (Å²) >= 11 is 0. The second-order valence-electron chi connectivity index (χ2n) is 8.49. The molecule has 0 aliphatic rings. The van der Waals surface area contributed by atoms with Crippen molar-refractivity contribution in [3.63, 3.8) is 0 Å². The molecule has 1 aromatic rings. The van der Waals surface area contributed by atoms with Crippen molar-refractivity contribution in [1.29, 1.82) is 0 Å². The number of rotatable bonds is 20. The Kier molecular flexibility index (Phi) is 15.3. The topological polar surface area (TPSA) is 95.5 Å². The zero-order valence-electron chi connectivity index (χ0n) is 19.4. The molecule has 1 rings (SSSR count). The highest BCUT2D eigenvalue weighted by molar-refractivity contribution is 5.93. The van der Waals surface area contributed by atoms with E-state index in [2.05, 4.69) is 6.92 Å². The number of hydrogen-bond donors (Lipinski definition) is 1. The molecule has 2 N–H and O–H groups in total. The predicted molar refractivity (Wildman–Crippen MR) is 127 cm³/mol. The molecule has 0 aliphatic heterocycles. The molecule has 0 heterocycles. The molecule has 176 valence electrons. The Morgan fingerprint density at radius 1 is 0.806 bits per heavy atom. The minimum Gasteiger partial charge on any atom is -0.493 e. The number of amides is 1. The van der Waals surface area contributed by atoms with Gasteiger partial charge in [-0.05, 0) is 12.5 Å². The molecule has 0 fully saturated rings. The Morgan fingerprint density at radius 2 is 1.26 bits per heavy atom. The summed E-state index contributed by atoms with van der Waals surface area (Å²) in [5.41, 5.74) is 5.14. The Balaban J connectivity index is 1.97. The fourth-order valence-corrected chi connectivity index (χ4v) is 3.75. The Labute approximate surface area is 188 Å². The van der Waals surface area contributed by atoms with Gasteiger partial charge in [-0.25, -0.2) is 0 Å². The lowest BCUT2D eigenvalue weighted by molar-refractivity contribution is -0.385. The van der Waals surface area contributed by atoms with E-state index >= 15 is 0 Å². The molecule has 0 aromatic heterocycles. The van der Waals surface area contributed by atoms with Crippen LogP contribution in [0.25, 0.3) is 0 Å². The molecule has 1 amide bonds. The number of hydrogen-bond acceptors (Lipinski definition) is 4. The van der Waals surface area contributed by atoms with Crippen molar-refractivity contribution in [2.45, 2.75) is 110 Å². The molecular formula is C25H42N2O4. The van der Waals surface area contributed by atoms with E-state index in [-0.39, 0.29) is 11.3 Å². The van der Waals surface area contributed by atoms with Gasteiger partial charge in [0, 0.05) is 11.6 Å². The summed E-state index contributed by atoms with van der Waals surface area (Å²) in [7, 11) is 0. The van der Waals surface area contributed by atoms with E-state index in [9.17, 15) is 14.9 Å². The number of nitro groups is 1. The highest BCUT2D eigenvalue weighted by Gasteiger charge is 2.13. The largest absolute Gasteiger partial charge is 0.493 e. The Hall–Kier alpha value is -2.11. The number of benzene rings is 1. The van der Waals surface area contributed by atoms with Crippen LogP contribution in [0.5, 0.6) is 5.75 Å². The van der Waals surface area contributed by atoms with Crippen LogP contribution in [-0.4, -0.2) is 17.4 Å². The van der Waals surface area contributed by atoms with Crippen molar-refractivity contribution >= 4 is 11.6 Å². The van der Waals surface area contributed by atoms with Crippen molar-refractivity contribution in [2.75, 3.05) is 6.61 Å². The van der Waals surface area contributed by atoms with Gasteiger partial charge in [-0.1, -0.05) is 103 Å². The summed E-state index contributed by atoms with van der Waals surface area (Å²) in [6.07, 6.45) is 20.9. The summed E-state index contributed by atoms with van der Waals surface area (Å²) in [6.45, 7) is 2.75. The third kappa shape index (κ3) is 13.7. The van der Waals surface area contributed by atoms with Gasteiger partial charge in [-0.2, -0.15) is 0 Å². The van der Waals surface area contributed by atoms with Crippen LogP contribution in [-0.2, 0) is 0 Å². The first kappa shape index (κ1) is 26.9. The van der Waals surface area contributed by atoms with Crippen molar-refractivity contribution < 1.29 is 14.5 Å². The monoisotopic (exact) mass is 434 g/mol. The third-order valence-corrected chi connectivity index (χ3v) is 5.65. The first-order chi connectivity index (χ1) is 15.0. The van der Waals surface area contributed by atoms with Gasteiger partial charge in [-0.15, -0.1) is 0 Å². The second kappa shape index (κ2) is 17.6. The second-order valence-corrected chi connectivity index (χ2v) is 8.49. The van der Waals surface area contributed by atoms with Crippen LogP contribution < -0.4 is 10.5 Å². The average Bonchev–Trinajstić information content (AvgIpc) is 2.75. The van der Waals surface area contributed by atoms with Gasteiger partial charge in [-0.3, -0.25) is 14.9 Å². The molecule has 31 heavy (non-hydrogen) atoms. The van der Waals surface area contributed by atoms with E-state index in [1.807, 2.05) is 0 Å². The minimum atomic E-state index is -0.698. The predicted octanol–water partition coefficient (Wildman–Crippen LogP) is 7.33. The summed E-state index contributed by atoms with van der Waals surface area (Å²) in [5, 5.41) is 11.0. The molecule has 0 saturated carbocycles. The molecule has 6 heteroatoms. The normalized spacial score (nSPS) is 10.9. The van der Waals surface area contributed by atoms with E-state index in [4.69, 9.17) is 10.5 Å². The van der Waals surface area contributed by atoms with Crippen molar-refractivity contribution in [1.82, 2.24) is 0 Å². The van der Waals surface area contributed by atoms with E-state index in [0.29, 0.717) is 12.4 Å². The fraction of sp³-hybridized carbons (Fsp3) is 0.720. The van der Waals surface area contributed by atoms with Crippen LogP contribution in [0.3, 0.4) is 0 Å². The number of nitrogens with zero attached hydrogens (tertiary/aromatic N) is 1. The van der Waals surface area contributed by atoms with Gasteiger partial charge in [0.15, 0.2) is 0 Å². The molecule has 0 saturated heterocycles. The molecular weight excluding hydrogens is 392 g/mol. The highest BCUT2D eigenvalue weighted by atomic mass is 16.6. The van der Waals surface area contributed by atoms with Gasteiger partial charge in [0.2, 0.25) is 5.91 Å². The zero-order chi connectivity index (χ0) is 22.7. The molecule has 0 spiro atoms. The van der Waals surface area contributed by atoms with Crippen LogP contribution in [0.1, 0.15) is 120 Å². The quantitative estimate of drug-likeness (QED) is 0.132. The van der Waals surface area contributed by atoms with Gasteiger partial charge in [0.1, 0.15) is 5.75 Å². The molecule has 6 nitrogen and oxygen atoms in total. The van der Waals surface area contributed by atoms with Crippen LogP contribution in [0.2, 0.25) is 0 Å². The minimum absolute atomic E-state index is 0.0937. The molecule has 0 aliphatic carbocycles. The lowest BCUT2D eigenvalue weighted by Gasteiger charge is -2.07. The first-order valence-electron chi connectivity index (χ1n) is 12.3. The number of carbonyl (C=O) groups is 1. The number of ether oxygens (including phenoxy) is 1. The lowest BCUT2D eigenvalue weighted by Crippen LogP contribution is -2.11. The van der Waals surface area contributed by atoms with E-state index in [1.165, 1.54) is 108 Å². The van der Waals surface area contributed by atoms with Crippen molar-refractivity contribution in [2.24, 2.45) is 5.73 Å². The smallest absolute Gasteiger partial charge is 0.273 e. The number of non-ortho nitro benzene ring substituents is 1. The Morgan fingerprint density at radius 3 is 1.68 bits per heavy atom. The standard InChI is InChI=1S/C25H42N2O4/c1-2-3-4-5-6-7-8-9-10-11-12-13-14-15-16-17-18-31-24-20-22(25(26)28)19-23(21-24)27(29)30/h19-21H,2-18H2,1H3,(H2,26,28). The van der Waals surface area contributed by atoms with Crippen LogP contribution >= 0.6 is 0 Å². The summed E-state index contributed by atoms with van der Waals surface area (Å²) in [6, 6.07) is 3.96. The summed E-state index contributed by atoms with van der Waals surface area (Å²) in [5.74, 6) is -0.375. The lowest BCUT2D eigenvalue weighted by atomic mass is 10.0. The number of primary amides is 1. The van der Waals surface area contributed by atoms with E-state index in [0.717, 1.165) is 12.8 Å². The van der Waals surface area contributed by atoms with Gasteiger partial charge in [0.25, 0.3) is 5.69 Å². The maximum Gasteiger partial charge on any atom is 0.273 e. The highest BCUT2D eigenvalue weighted by Crippen LogP contribution is 2.23. The SMILES string of the molecule is CCCCCCCCCCCCCCCCCCOc1cc(C(N)=O)cc([N+](=O)[O-])c1. The average molecular weight is 435 g/mol. The van der Waals surface area contributed by atoms with Crippen molar-refractivity contribution in [3.05, 3.63) is 33.9 Å². The van der Waals surface area contributed by atoms with Crippen molar-refractivity contribution in [3.8, 4) is 5.75 Å². The van der Waals surface area contributed by atoms with Gasteiger partial charge in [0.05, 0.1) is 17.6 Å². The Bertz CT molecular complexity index is 602. The summed E-state index contributed by atoms with van der Waals surface area (Å²) < 4.78 is 5.59. The first-order valence-corrected chi connectivity index (χ1v) is 12.3. The van der Waals surface area contributed by atoms with Crippen LogP contribution in [0, 0.1) is 10.1 Å².